The van der Waals surface area contributed by atoms with Gasteiger partial charge in [0.15, 0.2) is 5.65 Å². The molecule has 0 saturated carbocycles. The summed E-state index contributed by atoms with van der Waals surface area (Å²) in [5.41, 5.74) is -0.301. The Kier molecular flexibility index (Phi) is 4.33. The normalized spacial score (nSPS) is 12.0. The first-order valence-corrected chi connectivity index (χ1v) is 9.60. The Hall–Kier alpha value is -4.08. The number of rotatable bonds is 3. The number of hydrogen-bond acceptors (Lipinski definition) is 4. The molecule has 162 valence electrons. The van der Waals surface area contributed by atoms with E-state index in [1.807, 2.05) is 0 Å². The summed E-state index contributed by atoms with van der Waals surface area (Å²) in [5, 5.41) is 2.21. The molecule has 0 unspecified atom stereocenters. The van der Waals surface area contributed by atoms with Gasteiger partial charge in [-0.05, 0) is 24.6 Å². The zero-order valence-electron chi connectivity index (χ0n) is 16.9. The van der Waals surface area contributed by atoms with Gasteiger partial charge in [-0.1, -0.05) is 36.4 Å². The number of fused-ring (bicyclic) bond motifs is 2. The van der Waals surface area contributed by atoms with Gasteiger partial charge in [0.05, 0.1) is 23.9 Å². The molecule has 5 aromatic rings. The maximum atomic E-state index is 13.8. The Morgan fingerprint density at radius 1 is 1.00 bits per heavy atom. The zero-order chi connectivity index (χ0) is 22.6. The highest BCUT2D eigenvalue weighted by atomic mass is 19.4. The van der Waals surface area contributed by atoms with E-state index in [1.54, 1.807) is 55.5 Å². The molecule has 0 aliphatic rings. The predicted octanol–water partition coefficient (Wildman–Crippen LogP) is 4.57. The minimum Gasteiger partial charge on any atom is -0.494 e. The monoisotopic (exact) mass is 439 g/mol. The Morgan fingerprint density at radius 2 is 1.75 bits per heavy atom. The quantitative estimate of drug-likeness (QED) is 0.431. The fraction of sp³-hybridized carbons (Fsp3) is 0.136. The maximum absolute atomic E-state index is 13.8. The van der Waals surface area contributed by atoms with Crippen LogP contribution in [0.15, 0.2) is 53.3 Å². The van der Waals surface area contributed by atoms with E-state index < -0.39 is 17.4 Å². The van der Waals surface area contributed by atoms with Crippen LogP contribution in [0.4, 0.5) is 13.2 Å². The van der Waals surface area contributed by atoms with Gasteiger partial charge in [-0.15, -0.1) is 0 Å². The van der Waals surface area contributed by atoms with Gasteiger partial charge in [-0.2, -0.15) is 17.7 Å². The molecule has 7 nitrogen and oxygen atoms in total. The van der Waals surface area contributed by atoms with Crippen molar-refractivity contribution in [2.75, 3.05) is 7.11 Å². The highest BCUT2D eigenvalue weighted by Crippen LogP contribution is 2.38. The van der Waals surface area contributed by atoms with Gasteiger partial charge >= 0.3 is 6.18 Å². The van der Waals surface area contributed by atoms with E-state index >= 15 is 0 Å². The number of imidazole rings is 1. The van der Waals surface area contributed by atoms with Crippen LogP contribution in [0.2, 0.25) is 0 Å². The van der Waals surface area contributed by atoms with Crippen molar-refractivity contribution in [2.45, 2.75) is 13.1 Å². The van der Waals surface area contributed by atoms with E-state index in [2.05, 4.69) is 20.1 Å². The first-order valence-electron chi connectivity index (χ1n) is 9.60. The van der Waals surface area contributed by atoms with Crippen molar-refractivity contribution >= 4 is 16.7 Å². The number of halogens is 3. The SMILES string of the molecule is COc1cccc2[nH]c(-c3c(C)nc4c(-c5ccccc5)c(C(F)(F)F)[nH]n4c3=O)nc12. The topological polar surface area (TPSA) is 88.1 Å². The minimum atomic E-state index is -4.72. The summed E-state index contributed by atoms with van der Waals surface area (Å²) in [7, 11) is 1.50. The van der Waals surface area contributed by atoms with Crippen molar-refractivity contribution in [1.82, 2.24) is 24.6 Å². The van der Waals surface area contributed by atoms with Crippen LogP contribution in [0.5, 0.6) is 5.75 Å². The van der Waals surface area contributed by atoms with Crippen molar-refractivity contribution in [3.05, 3.63) is 70.3 Å². The van der Waals surface area contributed by atoms with Gasteiger partial charge in [-0.25, -0.2) is 9.97 Å². The van der Waals surface area contributed by atoms with Gasteiger partial charge in [0.25, 0.3) is 5.56 Å². The molecule has 0 spiro atoms. The van der Waals surface area contributed by atoms with Crippen LogP contribution < -0.4 is 10.3 Å². The van der Waals surface area contributed by atoms with E-state index in [-0.39, 0.29) is 28.3 Å². The van der Waals surface area contributed by atoms with Crippen LogP contribution >= 0.6 is 0 Å². The van der Waals surface area contributed by atoms with Gasteiger partial charge in [-0.3, -0.25) is 9.89 Å². The molecule has 10 heteroatoms. The van der Waals surface area contributed by atoms with Crippen molar-refractivity contribution in [1.29, 1.82) is 0 Å². The van der Waals surface area contributed by atoms with Crippen molar-refractivity contribution < 1.29 is 17.9 Å². The summed E-state index contributed by atoms with van der Waals surface area (Å²) in [6.45, 7) is 1.57. The zero-order valence-corrected chi connectivity index (χ0v) is 16.9. The van der Waals surface area contributed by atoms with Gasteiger partial charge < -0.3 is 9.72 Å². The number of aromatic nitrogens is 5. The molecule has 0 aliphatic heterocycles. The molecule has 0 aliphatic carbocycles. The smallest absolute Gasteiger partial charge is 0.433 e. The lowest BCUT2D eigenvalue weighted by atomic mass is 10.1. The summed E-state index contributed by atoms with van der Waals surface area (Å²) in [6, 6.07) is 13.3. The average Bonchev–Trinajstić information content (AvgIpc) is 3.36. The van der Waals surface area contributed by atoms with Crippen molar-refractivity contribution in [3.8, 4) is 28.3 Å². The van der Waals surface area contributed by atoms with E-state index in [0.29, 0.717) is 22.3 Å². The lowest BCUT2D eigenvalue weighted by molar-refractivity contribution is -0.140. The second kappa shape index (κ2) is 6.98. The van der Waals surface area contributed by atoms with E-state index in [4.69, 9.17) is 4.74 Å². The summed E-state index contributed by atoms with van der Waals surface area (Å²) >= 11 is 0. The second-order valence-corrected chi connectivity index (χ2v) is 7.20. The number of nitrogens with zero attached hydrogens (tertiary/aromatic N) is 3. The van der Waals surface area contributed by atoms with Crippen LogP contribution in [-0.2, 0) is 6.18 Å². The Morgan fingerprint density at radius 3 is 2.44 bits per heavy atom. The number of benzene rings is 2. The van der Waals surface area contributed by atoms with Crippen molar-refractivity contribution in [3.63, 3.8) is 0 Å². The highest BCUT2D eigenvalue weighted by molar-refractivity contribution is 5.86. The molecular weight excluding hydrogens is 423 g/mol. The molecule has 32 heavy (non-hydrogen) atoms. The van der Waals surface area contributed by atoms with Crippen LogP contribution in [0.3, 0.4) is 0 Å². The first-order chi connectivity index (χ1) is 15.3. The number of H-pyrrole nitrogens is 2. The molecule has 0 fully saturated rings. The number of hydrogen-bond donors (Lipinski definition) is 2. The number of aromatic amines is 2. The standard InChI is InChI=1S/C22H16F3N5O2/c1-11-15(19-27-13-9-6-10-14(32-2)17(13)28-19)21(31)30-20(26-11)16(12-7-4-3-5-8-12)18(29-30)22(23,24)25/h3-10,29H,1-2H3,(H,27,28). The first kappa shape index (κ1) is 19.9. The number of alkyl halides is 3. The molecule has 3 aromatic heterocycles. The van der Waals surface area contributed by atoms with Crippen LogP contribution in [0.25, 0.3) is 39.2 Å². The largest absolute Gasteiger partial charge is 0.494 e. The second-order valence-electron chi connectivity index (χ2n) is 7.20. The summed E-state index contributed by atoms with van der Waals surface area (Å²) in [6.07, 6.45) is -4.72. The highest BCUT2D eigenvalue weighted by Gasteiger charge is 2.38. The van der Waals surface area contributed by atoms with Crippen LogP contribution in [-0.4, -0.2) is 31.7 Å². The van der Waals surface area contributed by atoms with Gasteiger partial charge in [0.2, 0.25) is 0 Å². The minimum absolute atomic E-state index is 0.0651. The molecule has 2 aromatic carbocycles. The molecule has 0 atom stereocenters. The Bertz CT molecular complexity index is 1530. The Labute approximate surface area is 178 Å². The average molecular weight is 439 g/mol. The molecule has 0 amide bonds. The third-order valence-corrected chi connectivity index (χ3v) is 5.24. The Balaban J connectivity index is 1.82. The van der Waals surface area contributed by atoms with E-state index in [0.717, 1.165) is 4.52 Å². The predicted molar refractivity (Wildman–Crippen MR) is 113 cm³/mol. The molecule has 5 rings (SSSR count). The molecule has 0 saturated heterocycles. The fourth-order valence-electron chi connectivity index (χ4n) is 3.82. The number of para-hydroxylation sites is 1. The van der Waals surface area contributed by atoms with E-state index in [1.165, 1.54) is 7.11 Å². The molecule has 0 bridgehead atoms. The lowest BCUT2D eigenvalue weighted by Gasteiger charge is -2.07. The van der Waals surface area contributed by atoms with Gasteiger partial charge in [0, 0.05) is 0 Å². The number of nitrogens with one attached hydrogen (secondary N) is 2. The number of methoxy groups -OCH3 is 1. The number of ether oxygens (including phenoxy) is 1. The third-order valence-electron chi connectivity index (χ3n) is 5.24. The van der Waals surface area contributed by atoms with E-state index in [9.17, 15) is 18.0 Å². The maximum Gasteiger partial charge on any atom is 0.433 e. The molecular formula is C22H16F3N5O2. The van der Waals surface area contributed by atoms with Gasteiger partial charge in [0.1, 0.15) is 28.3 Å². The summed E-state index contributed by atoms with van der Waals surface area (Å²) < 4.78 is 47.7. The lowest BCUT2D eigenvalue weighted by Crippen LogP contribution is -2.20. The van der Waals surface area contributed by atoms with Crippen LogP contribution in [0, 0.1) is 6.92 Å². The molecule has 0 radical (unpaired) electrons. The molecule has 2 N–H and O–H groups in total. The van der Waals surface area contributed by atoms with Crippen LogP contribution in [0.1, 0.15) is 11.4 Å². The number of aryl methyl sites for hydroxylation is 1. The summed E-state index contributed by atoms with van der Waals surface area (Å²) in [4.78, 5) is 25.2. The fourth-order valence-corrected chi connectivity index (χ4v) is 3.82. The van der Waals surface area contributed by atoms with Crippen molar-refractivity contribution in [2.24, 2.45) is 0 Å². The summed E-state index contributed by atoms with van der Waals surface area (Å²) in [5.74, 6) is 0.695. The third kappa shape index (κ3) is 2.95. The molecule has 3 heterocycles.